The molecule has 0 unspecified atom stereocenters. The first kappa shape index (κ1) is 18.0. The molecule has 132 valence electrons. The van der Waals surface area contributed by atoms with E-state index in [9.17, 15) is 9.59 Å². The quantitative estimate of drug-likeness (QED) is 0.654. The van der Waals surface area contributed by atoms with Crippen molar-refractivity contribution in [2.24, 2.45) is 0 Å². The lowest BCUT2D eigenvalue weighted by atomic mass is 10.1. The maximum atomic E-state index is 12.6. The highest BCUT2D eigenvalue weighted by Crippen LogP contribution is 2.24. The lowest BCUT2D eigenvalue weighted by Crippen LogP contribution is -2.17. The first-order chi connectivity index (χ1) is 12.6. The minimum Gasteiger partial charge on any atom is -0.497 e. The van der Waals surface area contributed by atoms with E-state index in [1.807, 2.05) is 0 Å². The number of thiophene rings is 1. The van der Waals surface area contributed by atoms with E-state index in [0.717, 1.165) is 0 Å². The van der Waals surface area contributed by atoms with Crippen molar-refractivity contribution in [1.82, 2.24) is 0 Å². The van der Waals surface area contributed by atoms with E-state index in [0.29, 0.717) is 31.9 Å². The predicted octanol–water partition coefficient (Wildman–Crippen LogP) is 4.91. The zero-order valence-corrected chi connectivity index (χ0v) is 15.4. The molecular weight excluding hydrogens is 372 g/mol. The predicted molar refractivity (Wildman–Crippen MR) is 105 cm³/mol. The van der Waals surface area contributed by atoms with Gasteiger partial charge in [-0.15, -0.1) is 11.3 Å². The average Bonchev–Trinajstić information content (AvgIpc) is 3.09. The van der Waals surface area contributed by atoms with Crippen LogP contribution in [0.2, 0.25) is 4.34 Å². The molecule has 2 N–H and O–H groups in total. The van der Waals surface area contributed by atoms with E-state index in [2.05, 4.69) is 10.6 Å². The van der Waals surface area contributed by atoms with Crippen molar-refractivity contribution in [3.8, 4) is 5.75 Å². The SMILES string of the molecule is COc1cccc(NC(=O)c2ccccc2NC(=O)c2ccc(Cl)s2)c1. The summed E-state index contributed by atoms with van der Waals surface area (Å²) in [4.78, 5) is 25.4. The highest BCUT2D eigenvalue weighted by atomic mass is 35.5. The number of methoxy groups -OCH3 is 1. The Hall–Kier alpha value is -2.83. The fourth-order valence-corrected chi connectivity index (χ4v) is 3.25. The Balaban J connectivity index is 1.79. The molecule has 7 heteroatoms. The van der Waals surface area contributed by atoms with Crippen molar-refractivity contribution >= 4 is 46.1 Å². The minimum atomic E-state index is -0.335. The third-order valence-corrected chi connectivity index (χ3v) is 4.77. The number of hydrogen-bond acceptors (Lipinski definition) is 4. The number of carbonyl (C=O) groups excluding carboxylic acids is 2. The summed E-state index contributed by atoms with van der Waals surface area (Å²) in [7, 11) is 1.56. The van der Waals surface area contributed by atoms with Crippen LogP contribution in [-0.4, -0.2) is 18.9 Å². The van der Waals surface area contributed by atoms with E-state index in [4.69, 9.17) is 16.3 Å². The number of ether oxygens (including phenoxy) is 1. The molecule has 0 aliphatic heterocycles. The van der Waals surface area contributed by atoms with E-state index >= 15 is 0 Å². The van der Waals surface area contributed by atoms with Gasteiger partial charge in [0, 0.05) is 11.8 Å². The number of para-hydroxylation sites is 1. The van der Waals surface area contributed by atoms with Crippen LogP contribution in [0.15, 0.2) is 60.7 Å². The van der Waals surface area contributed by atoms with Crippen LogP contribution in [0.4, 0.5) is 11.4 Å². The van der Waals surface area contributed by atoms with E-state index in [-0.39, 0.29) is 11.8 Å². The maximum absolute atomic E-state index is 12.6. The number of amides is 2. The molecule has 3 aromatic rings. The van der Waals surface area contributed by atoms with E-state index in [1.165, 1.54) is 11.3 Å². The number of halogens is 1. The van der Waals surface area contributed by atoms with Gasteiger partial charge in [-0.3, -0.25) is 9.59 Å². The number of benzene rings is 2. The second-order valence-electron chi connectivity index (χ2n) is 5.29. The molecule has 5 nitrogen and oxygen atoms in total. The second-order valence-corrected chi connectivity index (χ2v) is 7.00. The van der Waals surface area contributed by atoms with Gasteiger partial charge < -0.3 is 15.4 Å². The fourth-order valence-electron chi connectivity index (χ4n) is 2.31. The van der Waals surface area contributed by atoms with Crippen molar-refractivity contribution in [3.63, 3.8) is 0 Å². The van der Waals surface area contributed by atoms with E-state index in [1.54, 1.807) is 67.8 Å². The third-order valence-electron chi connectivity index (χ3n) is 3.54. The highest BCUT2D eigenvalue weighted by Gasteiger charge is 2.15. The van der Waals surface area contributed by atoms with Gasteiger partial charge in [0.25, 0.3) is 11.8 Å². The third kappa shape index (κ3) is 4.22. The van der Waals surface area contributed by atoms with Crippen LogP contribution < -0.4 is 15.4 Å². The molecule has 1 aromatic heterocycles. The molecule has 0 saturated heterocycles. The smallest absolute Gasteiger partial charge is 0.265 e. The monoisotopic (exact) mass is 386 g/mol. The Kier molecular flexibility index (Phi) is 5.55. The number of hydrogen-bond donors (Lipinski definition) is 2. The fraction of sp³-hybridized carbons (Fsp3) is 0.0526. The molecule has 0 atom stereocenters. The molecule has 1 heterocycles. The number of anilines is 2. The first-order valence-electron chi connectivity index (χ1n) is 7.68. The number of nitrogens with one attached hydrogen (secondary N) is 2. The van der Waals surface area contributed by atoms with Crippen LogP contribution in [0, 0.1) is 0 Å². The van der Waals surface area contributed by atoms with Crippen molar-refractivity contribution in [3.05, 3.63) is 75.4 Å². The summed E-state index contributed by atoms with van der Waals surface area (Å²) in [5.74, 6) is -0.0131. The van der Waals surface area contributed by atoms with Gasteiger partial charge in [0.2, 0.25) is 0 Å². The zero-order chi connectivity index (χ0) is 18.5. The summed E-state index contributed by atoms with van der Waals surface area (Å²) in [5, 5.41) is 5.56. The van der Waals surface area contributed by atoms with Gasteiger partial charge in [-0.05, 0) is 36.4 Å². The van der Waals surface area contributed by atoms with Crippen LogP contribution in [0.1, 0.15) is 20.0 Å². The molecular formula is C19H15ClN2O3S. The van der Waals surface area contributed by atoms with Crippen LogP contribution in [0.25, 0.3) is 0 Å². The molecule has 3 rings (SSSR count). The van der Waals surface area contributed by atoms with Crippen molar-refractivity contribution < 1.29 is 14.3 Å². The van der Waals surface area contributed by atoms with E-state index < -0.39 is 0 Å². The van der Waals surface area contributed by atoms with Crippen LogP contribution in [0.5, 0.6) is 5.75 Å². The van der Waals surface area contributed by atoms with Gasteiger partial charge >= 0.3 is 0 Å². The average molecular weight is 387 g/mol. The Morgan fingerprint density at radius 3 is 2.50 bits per heavy atom. The summed E-state index contributed by atoms with van der Waals surface area (Å²) < 4.78 is 5.68. The summed E-state index contributed by atoms with van der Waals surface area (Å²) in [6.45, 7) is 0. The van der Waals surface area contributed by atoms with Crippen molar-refractivity contribution in [2.45, 2.75) is 0 Å². The largest absolute Gasteiger partial charge is 0.497 e. The highest BCUT2D eigenvalue weighted by molar-refractivity contribution is 7.18. The summed E-state index contributed by atoms with van der Waals surface area (Å²) in [6.07, 6.45) is 0. The van der Waals surface area contributed by atoms with Gasteiger partial charge in [-0.2, -0.15) is 0 Å². The standard InChI is InChI=1S/C19H15ClN2O3S/c1-25-13-6-4-5-12(11-13)21-18(23)14-7-2-3-8-15(14)22-19(24)16-9-10-17(20)26-16/h2-11H,1H3,(H,21,23)(H,22,24). The molecule has 0 saturated carbocycles. The Labute approximate surface area is 159 Å². The minimum absolute atomic E-state index is 0.316. The number of rotatable bonds is 5. The summed E-state index contributed by atoms with van der Waals surface area (Å²) >= 11 is 7.04. The van der Waals surface area contributed by atoms with Gasteiger partial charge in [0.1, 0.15) is 5.75 Å². The van der Waals surface area contributed by atoms with Crippen LogP contribution >= 0.6 is 22.9 Å². The van der Waals surface area contributed by atoms with Crippen molar-refractivity contribution in [2.75, 3.05) is 17.7 Å². The molecule has 0 aliphatic rings. The molecule has 2 amide bonds. The topological polar surface area (TPSA) is 67.4 Å². The molecule has 0 bridgehead atoms. The summed E-state index contributed by atoms with van der Waals surface area (Å²) in [6, 6.07) is 17.1. The normalized spacial score (nSPS) is 10.2. The Morgan fingerprint density at radius 2 is 1.77 bits per heavy atom. The van der Waals surface area contributed by atoms with Gasteiger partial charge in [0.05, 0.1) is 27.6 Å². The lowest BCUT2D eigenvalue weighted by Gasteiger charge is -2.11. The summed E-state index contributed by atoms with van der Waals surface area (Å²) in [5.41, 5.74) is 1.37. The Morgan fingerprint density at radius 1 is 0.962 bits per heavy atom. The molecule has 0 fully saturated rings. The van der Waals surface area contributed by atoms with Gasteiger partial charge in [-0.25, -0.2) is 0 Å². The van der Waals surface area contributed by atoms with Crippen molar-refractivity contribution in [1.29, 1.82) is 0 Å². The number of carbonyl (C=O) groups is 2. The maximum Gasteiger partial charge on any atom is 0.265 e. The van der Waals surface area contributed by atoms with Crippen LogP contribution in [0.3, 0.4) is 0 Å². The molecule has 0 aliphatic carbocycles. The Bertz CT molecular complexity index is 955. The van der Waals surface area contributed by atoms with Gasteiger partial charge in [0.15, 0.2) is 0 Å². The zero-order valence-electron chi connectivity index (χ0n) is 13.8. The second kappa shape index (κ2) is 8.03. The first-order valence-corrected chi connectivity index (χ1v) is 8.87. The molecule has 26 heavy (non-hydrogen) atoms. The van der Waals surface area contributed by atoms with Gasteiger partial charge in [-0.1, -0.05) is 29.8 Å². The lowest BCUT2D eigenvalue weighted by molar-refractivity contribution is 0.102. The molecule has 0 radical (unpaired) electrons. The van der Waals surface area contributed by atoms with Crippen LogP contribution in [-0.2, 0) is 0 Å². The molecule has 2 aromatic carbocycles. The molecule has 0 spiro atoms.